The summed E-state index contributed by atoms with van der Waals surface area (Å²) >= 11 is 0. The number of para-hydroxylation sites is 1. The average Bonchev–Trinajstić information content (AvgIpc) is 3.05. The molecule has 2 heterocycles. The van der Waals surface area contributed by atoms with Gasteiger partial charge < -0.3 is 9.84 Å². The molecule has 0 amide bonds. The van der Waals surface area contributed by atoms with Crippen molar-refractivity contribution in [3.8, 4) is 5.88 Å². The van der Waals surface area contributed by atoms with Crippen LogP contribution in [-0.2, 0) is 5.60 Å². The summed E-state index contributed by atoms with van der Waals surface area (Å²) in [5.74, 6) is 1.34. The van der Waals surface area contributed by atoms with Gasteiger partial charge in [0.25, 0.3) is 0 Å². The normalized spacial score (nSPS) is 20.5. The fraction of sp³-hybridized carbons (Fsp3) is 0.333. The number of rotatable bonds is 5. The first kappa shape index (κ1) is 16.9. The monoisotopic (exact) mass is 349 g/mol. The van der Waals surface area contributed by atoms with Gasteiger partial charge in [-0.2, -0.15) is 4.98 Å². The molecule has 0 aliphatic carbocycles. The maximum Gasteiger partial charge on any atom is 0.224 e. The summed E-state index contributed by atoms with van der Waals surface area (Å²) in [5.41, 5.74) is 1.12. The van der Waals surface area contributed by atoms with Crippen LogP contribution in [0.1, 0.15) is 17.8 Å². The van der Waals surface area contributed by atoms with Gasteiger partial charge in [0.15, 0.2) is 0 Å². The molecule has 1 N–H and O–H groups in total. The lowest BCUT2D eigenvalue weighted by molar-refractivity contribution is 0.0447. The second kappa shape index (κ2) is 7.02. The lowest BCUT2D eigenvalue weighted by Gasteiger charge is -2.24. The molecular weight excluding hydrogens is 326 g/mol. The van der Waals surface area contributed by atoms with E-state index in [0.717, 1.165) is 36.0 Å². The van der Waals surface area contributed by atoms with Crippen molar-refractivity contribution in [2.45, 2.75) is 18.9 Å². The predicted octanol–water partition coefficient (Wildman–Crippen LogP) is 2.91. The molecule has 0 radical (unpaired) electrons. The van der Waals surface area contributed by atoms with Gasteiger partial charge in [0, 0.05) is 19.6 Å². The van der Waals surface area contributed by atoms with Gasteiger partial charge in [0.2, 0.25) is 5.88 Å². The highest BCUT2D eigenvalue weighted by atomic mass is 16.5. The van der Waals surface area contributed by atoms with Crippen molar-refractivity contribution < 1.29 is 9.84 Å². The number of hydrogen-bond acceptors (Lipinski definition) is 5. The van der Waals surface area contributed by atoms with E-state index in [9.17, 15) is 5.11 Å². The van der Waals surface area contributed by atoms with Crippen molar-refractivity contribution in [3.63, 3.8) is 0 Å². The topological polar surface area (TPSA) is 58.5 Å². The molecule has 134 valence electrons. The SMILES string of the molecule is Cc1nc(OCCN2CCC(O)(c3ccccc3)C2)c2ccccc2n1. The number of aryl methyl sites for hydroxylation is 1. The summed E-state index contributed by atoms with van der Waals surface area (Å²) in [4.78, 5) is 11.1. The van der Waals surface area contributed by atoms with E-state index in [1.54, 1.807) is 0 Å². The summed E-state index contributed by atoms with van der Waals surface area (Å²) < 4.78 is 5.96. The number of likely N-dealkylation sites (tertiary alicyclic amines) is 1. The van der Waals surface area contributed by atoms with E-state index in [2.05, 4.69) is 14.9 Å². The number of aliphatic hydroxyl groups is 1. The van der Waals surface area contributed by atoms with E-state index in [1.165, 1.54) is 0 Å². The van der Waals surface area contributed by atoms with Gasteiger partial charge in [0.1, 0.15) is 18.0 Å². The van der Waals surface area contributed by atoms with Gasteiger partial charge >= 0.3 is 0 Å². The van der Waals surface area contributed by atoms with Crippen LogP contribution in [0.3, 0.4) is 0 Å². The molecule has 1 saturated heterocycles. The number of nitrogens with zero attached hydrogens (tertiary/aromatic N) is 3. The molecule has 0 bridgehead atoms. The smallest absolute Gasteiger partial charge is 0.224 e. The maximum absolute atomic E-state index is 10.9. The second-order valence-electron chi connectivity index (χ2n) is 6.87. The summed E-state index contributed by atoms with van der Waals surface area (Å²) in [6, 6.07) is 17.8. The Kier molecular flexibility index (Phi) is 4.57. The summed E-state index contributed by atoms with van der Waals surface area (Å²) in [5, 5.41) is 11.9. The lowest BCUT2D eigenvalue weighted by Crippen LogP contribution is -2.32. The molecule has 1 aliphatic heterocycles. The quantitative estimate of drug-likeness (QED) is 0.767. The third kappa shape index (κ3) is 3.41. The van der Waals surface area contributed by atoms with E-state index in [0.29, 0.717) is 24.9 Å². The minimum absolute atomic E-state index is 0.533. The minimum atomic E-state index is -0.764. The number of hydrogen-bond donors (Lipinski definition) is 1. The first-order valence-corrected chi connectivity index (χ1v) is 9.00. The van der Waals surface area contributed by atoms with Gasteiger partial charge in [-0.1, -0.05) is 42.5 Å². The lowest BCUT2D eigenvalue weighted by atomic mass is 9.93. The van der Waals surface area contributed by atoms with Crippen molar-refractivity contribution in [2.24, 2.45) is 0 Å². The molecule has 3 aromatic rings. The van der Waals surface area contributed by atoms with Crippen LogP contribution in [0.4, 0.5) is 0 Å². The van der Waals surface area contributed by atoms with E-state index in [1.807, 2.05) is 61.5 Å². The molecule has 1 aliphatic rings. The third-order valence-electron chi connectivity index (χ3n) is 4.96. The number of β-amino-alcohol motifs (C(OH)–C–C–N with tert-alkyl or cyclic N) is 1. The molecule has 1 unspecified atom stereocenters. The van der Waals surface area contributed by atoms with Crippen LogP contribution in [0, 0.1) is 6.92 Å². The van der Waals surface area contributed by atoms with Gasteiger partial charge in [-0.3, -0.25) is 4.90 Å². The van der Waals surface area contributed by atoms with Crippen molar-refractivity contribution >= 4 is 10.9 Å². The fourth-order valence-corrected chi connectivity index (χ4v) is 3.59. The van der Waals surface area contributed by atoms with Crippen molar-refractivity contribution in [2.75, 3.05) is 26.2 Å². The zero-order valence-corrected chi connectivity index (χ0v) is 14.9. The Hall–Kier alpha value is -2.50. The van der Waals surface area contributed by atoms with Crippen LogP contribution in [0.15, 0.2) is 54.6 Å². The molecule has 1 fully saturated rings. The van der Waals surface area contributed by atoms with Crippen molar-refractivity contribution in [3.05, 3.63) is 66.0 Å². The van der Waals surface area contributed by atoms with Crippen LogP contribution in [0.25, 0.3) is 10.9 Å². The Bertz CT molecular complexity index is 900. The van der Waals surface area contributed by atoms with E-state index < -0.39 is 5.60 Å². The molecule has 1 atom stereocenters. The molecule has 5 heteroatoms. The zero-order chi connectivity index (χ0) is 18.0. The van der Waals surface area contributed by atoms with Crippen molar-refractivity contribution in [1.82, 2.24) is 14.9 Å². The summed E-state index contributed by atoms with van der Waals surface area (Å²) in [6.45, 7) is 4.65. The van der Waals surface area contributed by atoms with E-state index >= 15 is 0 Å². The number of benzene rings is 2. The Morgan fingerprint density at radius 2 is 1.85 bits per heavy atom. The molecule has 0 spiro atoms. The second-order valence-corrected chi connectivity index (χ2v) is 6.87. The molecular formula is C21H23N3O2. The molecule has 1 aromatic heterocycles. The predicted molar refractivity (Wildman–Crippen MR) is 101 cm³/mol. The van der Waals surface area contributed by atoms with E-state index in [4.69, 9.17) is 4.74 Å². The van der Waals surface area contributed by atoms with Crippen LogP contribution in [0.2, 0.25) is 0 Å². The number of aromatic nitrogens is 2. The van der Waals surface area contributed by atoms with Gasteiger partial charge in [-0.05, 0) is 31.0 Å². The van der Waals surface area contributed by atoms with Gasteiger partial charge in [0.05, 0.1) is 10.9 Å². The van der Waals surface area contributed by atoms with Crippen LogP contribution in [-0.4, -0.2) is 46.2 Å². The first-order chi connectivity index (χ1) is 12.6. The Morgan fingerprint density at radius 1 is 1.08 bits per heavy atom. The number of fused-ring (bicyclic) bond motifs is 1. The molecule has 0 saturated carbocycles. The fourth-order valence-electron chi connectivity index (χ4n) is 3.59. The van der Waals surface area contributed by atoms with Crippen LogP contribution < -0.4 is 4.74 Å². The highest BCUT2D eigenvalue weighted by molar-refractivity contribution is 5.83. The zero-order valence-electron chi connectivity index (χ0n) is 14.9. The minimum Gasteiger partial charge on any atom is -0.476 e. The summed E-state index contributed by atoms with van der Waals surface area (Å²) in [7, 11) is 0. The molecule has 5 nitrogen and oxygen atoms in total. The summed E-state index contributed by atoms with van der Waals surface area (Å²) in [6.07, 6.45) is 0.743. The van der Waals surface area contributed by atoms with E-state index in [-0.39, 0.29) is 0 Å². The molecule has 4 rings (SSSR count). The largest absolute Gasteiger partial charge is 0.476 e. The molecule has 26 heavy (non-hydrogen) atoms. The van der Waals surface area contributed by atoms with Crippen LogP contribution >= 0.6 is 0 Å². The highest BCUT2D eigenvalue weighted by Crippen LogP contribution is 2.31. The Morgan fingerprint density at radius 3 is 2.69 bits per heavy atom. The first-order valence-electron chi connectivity index (χ1n) is 9.00. The van der Waals surface area contributed by atoms with Crippen LogP contribution in [0.5, 0.6) is 5.88 Å². The van der Waals surface area contributed by atoms with Gasteiger partial charge in [-0.15, -0.1) is 0 Å². The standard InChI is InChI=1S/C21H23N3O2/c1-16-22-19-10-6-5-9-18(19)20(23-16)26-14-13-24-12-11-21(25,15-24)17-7-3-2-4-8-17/h2-10,25H,11-15H2,1H3. The molecule has 2 aromatic carbocycles. The third-order valence-corrected chi connectivity index (χ3v) is 4.96. The Balaban J connectivity index is 1.39. The maximum atomic E-state index is 10.9. The Labute approximate surface area is 153 Å². The number of ether oxygens (including phenoxy) is 1. The van der Waals surface area contributed by atoms with Gasteiger partial charge in [-0.25, -0.2) is 4.98 Å². The van der Waals surface area contributed by atoms with Crippen molar-refractivity contribution in [1.29, 1.82) is 0 Å². The average molecular weight is 349 g/mol. The highest BCUT2D eigenvalue weighted by Gasteiger charge is 2.37.